The van der Waals surface area contributed by atoms with Gasteiger partial charge in [-0.15, -0.1) is 0 Å². The molecule has 10 aromatic heterocycles. The van der Waals surface area contributed by atoms with E-state index in [2.05, 4.69) is 383 Å². The minimum atomic E-state index is 0. The van der Waals surface area contributed by atoms with Crippen LogP contribution in [0.5, 0.6) is 0 Å². The van der Waals surface area contributed by atoms with E-state index in [4.69, 9.17) is 10.2 Å². The average Bonchev–Trinajstić information content (AvgIpc) is 1.58. The van der Waals surface area contributed by atoms with Crippen molar-refractivity contribution in [3.8, 4) is 68.8 Å². The number of para-hydroxylation sites is 8. The fraction of sp³-hybridized carbons (Fsp3) is 0.256. The van der Waals surface area contributed by atoms with E-state index in [0.717, 1.165) is 27.1 Å². The molecule has 2 N–H and O–H groups in total. The number of hydrogen-bond donors (Lipinski definition) is 2. The minimum Gasteiger partial charge on any atom is -0.400 e. The third-order valence-electron chi connectivity index (χ3n) is 18.2. The van der Waals surface area contributed by atoms with Crippen LogP contribution in [-0.4, -0.2) is 42.7 Å². The van der Waals surface area contributed by atoms with Crippen LogP contribution in [0, 0.1) is 0 Å². The summed E-state index contributed by atoms with van der Waals surface area (Å²) in [6.45, 7) is 4.39. The Kier molecular flexibility index (Phi) is 25.5. The number of benzene rings is 4. The van der Waals surface area contributed by atoms with Crippen molar-refractivity contribution in [3.63, 3.8) is 0 Å². The van der Waals surface area contributed by atoms with Gasteiger partial charge in [0.2, 0.25) is 0 Å². The molecule has 0 aliphatic heterocycles. The van der Waals surface area contributed by atoms with Crippen molar-refractivity contribution in [3.05, 3.63) is 230 Å². The summed E-state index contributed by atoms with van der Waals surface area (Å²) in [6, 6.07) is 68.6. The molecule has 496 valence electrons. The second-order valence-corrected chi connectivity index (χ2v) is 23.6. The molecule has 0 spiro atoms. The Labute approximate surface area is 591 Å². The molecule has 0 aliphatic rings. The summed E-state index contributed by atoms with van der Waals surface area (Å²) in [5, 5.41) is 14.0. The molecule has 96 heavy (non-hydrogen) atoms. The van der Waals surface area contributed by atoms with Crippen molar-refractivity contribution in [1.82, 2.24) is 18.3 Å². The van der Waals surface area contributed by atoms with E-state index in [1.165, 1.54) is 124 Å². The number of rotatable bonds is 8. The first kappa shape index (κ1) is 74.2. The van der Waals surface area contributed by atoms with Crippen molar-refractivity contribution in [2.24, 2.45) is 98.7 Å². The normalized spacial score (nSPS) is 10.6. The Balaban J connectivity index is 0.000000183. The molecule has 0 radical (unpaired) electrons. The van der Waals surface area contributed by atoms with Gasteiger partial charge in [-0.25, -0.2) is 36.5 Å². The number of hydrogen-bond acceptors (Lipinski definition) is 2. The predicted octanol–water partition coefficient (Wildman–Crippen LogP) is 7.30. The van der Waals surface area contributed by atoms with Crippen LogP contribution in [-0.2, 0) is 150 Å². The number of aliphatic hydroxyl groups excluding tert-OH is 2. The fourth-order valence-corrected chi connectivity index (χ4v) is 13.1. The number of aryl methyl sites for hydroxylation is 14. The Morgan fingerprint density at radius 1 is 0.260 bits per heavy atom. The number of pyridine rings is 6. The van der Waals surface area contributed by atoms with E-state index in [1.807, 2.05) is 12.1 Å². The number of nitrogens with zero attached hydrogens (tertiary/aromatic N) is 14. The van der Waals surface area contributed by atoms with Gasteiger partial charge < -0.3 is 10.2 Å². The zero-order valence-electron chi connectivity index (χ0n) is 59.1. The van der Waals surface area contributed by atoms with Crippen LogP contribution >= 0.6 is 0 Å². The predicted molar refractivity (Wildman–Crippen MR) is 371 cm³/mol. The molecule has 0 amide bonds. The van der Waals surface area contributed by atoms with Crippen LogP contribution < -0.4 is 45.7 Å². The zero-order valence-corrected chi connectivity index (χ0v) is 62.5. The first-order valence-electron chi connectivity index (χ1n) is 31.9. The molecule has 0 bridgehead atoms. The van der Waals surface area contributed by atoms with Gasteiger partial charge >= 0.3 is 23.3 Å². The van der Waals surface area contributed by atoms with Crippen LogP contribution in [0.1, 0.15) is 25.0 Å². The molecular formula is C78H96N14O2Ru2+10. The fourth-order valence-electron chi connectivity index (χ4n) is 13.1. The molecule has 0 atom stereocenters. The van der Waals surface area contributed by atoms with Gasteiger partial charge in [-0.1, -0.05) is 62.4 Å². The van der Waals surface area contributed by atoms with Gasteiger partial charge in [0.15, 0.2) is 68.9 Å². The molecule has 0 aliphatic carbocycles. The molecule has 10 heterocycles. The second-order valence-electron chi connectivity index (χ2n) is 23.6. The van der Waals surface area contributed by atoms with Crippen molar-refractivity contribution in [2.75, 3.05) is 14.2 Å². The molecule has 0 saturated carbocycles. The van der Waals surface area contributed by atoms with Crippen LogP contribution in [0.15, 0.2) is 219 Å². The Morgan fingerprint density at radius 3 is 0.729 bits per heavy atom. The second kappa shape index (κ2) is 33.0. The van der Waals surface area contributed by atoms with Crippen LogP contribution in [0.3, 0.4) is 0 Å². The summed E-state index contributed by atoms with van der Waals surface area (Å²) in [7, 11) is 31.8. The molecule has 14 rings (SSSR count). The van der Waals surface area contributed by atoms with Crippen LogP contribution in [0.25, 0.3) is 113 Å². The van der Waals surface area contributed by atoms with Gasteiger partial charge in [0.1, 0.15) is 42.3 Å². The summed E-state index contributed by atoms with van der Waals surface area (Å²) in [4.78, 5) is 0. The quantitative estimate of drug-likeness (QED) is 0.124. The van der Waals surface area contributed by atoms with Crippen molar-refractivity contribution in [1.29, 1.82) is 0 Å². The SMILES string of the molecule is CCc1cc[n+](C)c(-c2cc(CC)cc[n+]2C)c1.CO.CO.C[n+]1ccccc1-c1cccc[n+]1C.Cn1c(-c2cccc(-c3n(C)c4ccccc4[n+]3C)[n+]2C)[n+](C)c2ccccc21.Cn1c(-c2cccc(-c3n(C)c4ccccc4[n+]3C)[n+]2C)[n+](C)c2ccccc21.[Ru].[Ru]. The summed E-state index contributed by atoms with van der Waals surface area (Å²) in [5.41, 5.74) is 22.3. The van der Waals surface area contributed by atoms with Gasteiger partial charge in [0.25, 0.3) is 45.6 Å². The monoisotopic (exact) mass is 1460 g/mol. The summed E-state index contributed by atoms with van der Waals surface area (Å²) >= 11 is 0. The molecule has 4 aromatic carbocycles. The third kappa shape index (κ3) is 14.5. The number of fused-ring (bicyclic) bond motifs is 4. The Bertz CT molecular complexity index is 4350. The number of imidazole rings is 4. The van der Waals surface area contributed by atoms with E-state index in [9.17, 15) is 0 Å². The maximum absolute atomic E-state index is 7.00. The van der Waals surface area contributed by atoms with Gasteiger partial charge in [-0.05, 0) is 96.8 Å². The summed E-state index contributed by atoms with van der Waals surface area (Å²) < 4.78 is 31.4. The van der Waals surface area contributed by atoms with E-state index >= 15 is 0 Å². The number of aliphatic hydroxyl groups is 2. The van der Waals surface area contributed by atoms with Gasteiger partial charge in [-0.3, -0.25) is 0 Å². The molecule has 18 heteroatoms. The molecule has 0 saturated heterocycles. The van der Waals surface area contributed by atoms with E-state index in [-0.39, 0.29) is 39.0 Å². The van der Waals surface area contributed by atoms with Crippen molar-refractivity contribution >= 4 is 44.1 Å². The Hall–Kier alpha value is -9.17. The first-order valence-corrected chi connectivity index (χ1v) is 31.9. The molecule has 16 nitrogen and oxygen atoms in total. The van der Waals surface area contributed by atoms with Crippen molar-refractivity contribution < 1.29 is 94.8 Å². The number of aromatic nitrogens is 14. The average molecular weight is 1460 g/mol. The van der Waals surface area contributed by atoms with E-state index in [0.29, 0.717) is 0 Å². The Morgan fingerprint density at radius 2 is 0.490 bits per heavy atom. The van der Waals surface area contributed by atoms with E-state index in [1.54, 1.807) is 0 Å². The van der Waals surface area contributed by atoms with Crippen molar-refractivity contribution in [2.45, 2.75) is 26.7 Å². The first-order chi connectivity index (χ1) is 45.4. The molecule has 14 aromatic rings. The zero-order chi connectivity index (χ0) is 67.7. The summed E-state index contributed by atoms with van der Waals surface area (Å²) in [5.74, 6) is 4.71. The van der Waals surface area contributed by atoms with E-state index < -0.39 is 0 Å². The van der Waals surface area contributed by atoms with Crippen LogP contribution in [0.4, 0.5) is 0 Å². The smallest absolute Gasteiger partial charge is 0.355 e. The van der Waals surface area contributed by atoms with Gasteiger partial charge in [0, 0.05) is 126 Å². The largest absolute Gasteiger partial charge is 0.400 e. The summed E-state index contributed by atoms with van der Waals surface area (Å²) in [6.07, 6.45) is 10.6. The standard InChI is InChI=1S/2C24H26N5.C16H22N2.C12H14N2.2CH4O.2Ru/c2*1-25-21(23-26(2)17-11-6-7-12-18(17)27(23)3)15-10-16-22(25)24-28(4)19-13-8-9-14-20(19)29(24)5;1-5-13-7-9-17(3)15(11-13)16-12-14(6-2)8-10-18(16)4;1-13-9-5-3-7-11(13)12-8-4-6-10-14(12)2;2*1-2;;/h2*6-16H,1-5H3;7-12H,5-6H2,1-4H3;3-10H,1-2H3;2*2H,1H3;;/q2*+3;2*+2;;;;. The molecule has 0 fully saturated rings. The third-order valence-corrected chi connectivity index (χ3v) is 18.2. The van der Waals surface area contributed by atoms with Crippen LogP contribution in [0.2, 0.25) is 0 Å². The minimum absolute atomic E-state index is 0. The molecule has 0 unspecified atom stereocenters. The molecular weight excluding hydrogens is 1370 g/mol. The van der Waals surface area contributed by atoms with Gasteiger partial charge in [-0.2, -0.15) is 27.4 Å². The van der Waals surface area contributed by atoms with Gasteiger partial charge in [0.05, 0.1) is 56.4 Å². The maximum Gasteiger partial charge on any atom is 0.355 e. The maximum atomic E-state index is 7.00. The topological polar surface area (TPSA) is 99.0 Å².